The van der Waals surface area contributed by atoms with Crippen molar-refractivity contribution >= 4 is 39.7 Å². The Bertz CT molecular complexity index is 1100. The topological polar surface area (TPSA) is 95.7 Å². The third-order valence-corrected chi connectivity index (χ3v) is 5.24. The monoisotopic (exact) mass is 482 g/mol. The molecule has 0 atom stereocenters. The van der Waals surface area contributed by atoms with Crippen molar-refractivity contribution in [2.45, 2.75) is 20.3 Å². The Balaban J connectivity index is 1.62. The zero-order valence-electron chi connectivity index (χ0n) is 17.2. The van der Waals surface area contributed by atoms with Gasteiger partial charge in [-0.15, -0.1) is 0 Å². The predicted octanol–water partition coefficient (Wildman–Crippen LogP) is 4.05. The molecule has 0 saturated carbocycles. The van der Waals surface area contributed by atoms with Gasteiger partial charge in [0.05, 0.1) is 19.2 Å². The van der Waals surface area contributed by atoms with Gasteiger partial charge in [-0.25, -0.2) is 5.43 Å². The summed E-state index contributed by atoms with van der Waals surface area (Å²) < 4.78 is 3.03. The number of amides is 1. The third-order valence-electron chi connectivity index (χ3n) is 4.71. The molecule has 0 spiro atoms. The highest BCUT2D eigenvalue weighted by atomic mass is 79.9. The van der Waals surface area contributed by atoms with Crippen molar-refractivity contribution in [3.8, 4) is 5.69 Å². The lowest BCUT2D eigenvalue weighted by Crippen LogP contribution is -2.25. The van der Waals surface area contributed by atoms with Crippen LogP contribution >= 0.6 is 15.9 Å². The first-order valence-corrected chi connectivity index (χ1v) is 10.4. The van der Waals surface area contributed by atoms with E-state index in [9.17, 15) is 9.59 Å². The molecule has 0 radical (unpaired) electrons. The third kappa shape index (κ3) is 6.05. The van der Waals surface area contributed by atoms with Crippen LogP contribution in [0.1, 0.15) is 22.5 Å². The summed E-state index contributed by atoms with van der Waals surface area (Å²) in [6.45, 7) is 4.06. The largest absolute Gasteiger partial charge is 0.481 e. The van der Waals surface area contributed by atoms with E-state index in [0.29, 0.717) is 0 Å². The number of carbonyl (C=O) groups is 2. The van der Waals surface area contributed by atoms with Crippen LogP contribution in [-0.4, -0.2) is 34.3 Å². The average Bonchev–Trinajstić information content (AvgIpc) is 3.01. The van der Waals surface area contributed by atoms with Crippen LogP contribution in [0.4, 0.5) is 5.69 Å². The lowest BCUT2D eigenvalue weighted by Gasteiger charge is -2.10. The van der Waals surface area contributed by atoms with E-state index in [4.69, 9.17) is 5.11 Å². The number of rotatable bonds is 8. The van der Waals surface area contributed by atoms with Gasteiger partial charge in [0.2, 0.25) is 0 Å². The number of hydrogen-bond donors (Lipinski definition) is 3. The Morgan fingerprint density at radius 2 is 1.77 bits per heavy atom. The van der Waals surface area contributed by atoms with Gasteiger partial charge in [0, 0.05) is 32.8 Å². The maximum atomic E-state index is 12.0. The first kappa shape index (κ1) is 22.3. The van der Waals surface area contributed by atoms with Crippen LogP contribution in [0.25, 0.3) is 5.69 Å². The summed E-state index contributed by atoms with van der Waals surface area (Å²) in [7, 11) is 0. The molecule has 3 aromatic rings. The molecule has 160 valence electrons. The van der Waals surface area contributed by atoms with Crippen LogP contribution < -0.4 is 10.7 Å². The molecule has 7 nitrogen and oxygen atoms in total. The van der Waals surface area contributed by atoms with Crippen LogP contribution in [0.15, 0.2) is 64.2 Å². The van der Waals surface area contributed by atoms with Crippen molar-refractivity contribution < 1.29 is 14.7 Å². The first-order chi connectivity index (χ1) is 14.8. The number of aliphatic carboxylic acids is 1. The van der Waals surface area contributed by atoms with E-state index in [1.807, 2.05) is 68.4 Å². The van der Waals surface area contributed by atoms with Crippen LogP contribution in [0.2, 0.25) is 0 Å². The van der Waals surface area contributed by atoms with Crippen LogP contribution in [0.3, 0.4) is 0 Å². The maximum Gasteiger partial charge on any atom is 0.307 e. The number of hydrogen-bond acceptors (Lipinski definition) is 4. The first-order valence-electron chi connectivity index (χ1n) is 9.65. The quantitative estimate of drug-likeness (QED) is 0.333. The average molecular weight is 483 g/mol. The molecule has 0 aliphatic carbocycles. The van der Waals surface area contributed by atoms with E-state index < -0.39 is 5.97 Å². The smallest absolute Gasteiger partial charge is 0.307 e. The van der Waals surface area contributed by atoms with Crippen molar-refractivity contribution in [3.63, 3.8) is 0 Å². The SMILES string of the molecule is Cc1cc(/C=N\NC(=O)CNc2ccc(Br)cc2)c(C)n1-c1ccc(CC(=O)O)cc1. The van der Waals surface area contributed by atoms with Crippen LogP contribution in [0, 0.1) is 13.8 Å². The lowest BCUT2D eigenvalue weighted by atomic mass is 10.1. The Morgan fingerprint density at radius 1 is 1.10 bits per heavy atom. The molecule has 1 aromatic heterocycles. The Morgan fingerprint density at radius 3 is 2.42 bits per heavy atom. The number of aryl methyl sites for hydroxylation is 1. The molecule has 0 unspecified atom stereocenters. The molecule has 1 heterocycles. The predicted molar refractivity (Wildman–Crippen MR) is 125 cm³/mol. The van der Waals surface area contributed by atoms with Crippen molar-refractivity contribution in [1.29, 1.82) is 0 Å². The number of carboxylic acid groups (broad SMARTS) is 1. The van der Waals surface area contributed by atoms with Gasteiger partial charge in [0.15, 0.2) is 0 Å². The summed E-state index contributed by atoms with van der Waals surface area (Å²) in [4.78, 5) is 22.9. The number of carboxylic acids is 1. The van der Waals surface area contributed by atoms with Gasteiger partial charge in [0.1, 0.15) is 0 Å². The minimum absolute atomic E-state index is 0.00178. The van der Waals surface area contributed by atoms with Crippen molar-refractivity contribution in [3.05, 3.63) is 81.6 Å². The van der Waals surface area contributed by atoms with Crippen molar-refractivity contribution in [2.75, 3.05) is 11.9 Å². The number of anilines is 1. The number of aromatic nitrogens is 1. The fourth-order valence-electron chi connectivity index (χ4n) is 3.22. The van der Waals surface area contributed by atoms with E-state index in [1.54, 1.807) is 6.21 Å². The molecule has 2 aromatic carbocycles. The number of nitrogens with one attached hydrogen (secondary N) is 2. The van der Waals surface area contributed by atoms with Crippen LogP contribution in [-0.2, 0) is 16.0 Å². The number of benzene rings is 2. The van der Waals surface area contributed by atoms with Gasteiger partial charge < -0.3 is 15.0 Å². The van der Waals surface area contributed by atoms with E-state index in [2.05, 4.69) is 36.3 Å². The molecule has 0 aliphatic rings. The van der Waals surface area contributed by atoms with E-state index >= 15 is 0 Å². The van der Waals surface area contributed by atoms with E-state index in [1.165, 1.54) is 0 Å². The lowest BCUT2D eigenvalue weighted by molar-refractivity contribution is -0.136. The zero-order valence-corrected chi connectivity index (χ0v) is 18.8. The summed E-state index contributed by atoms with van der Waals surface area (Å²) in [6, 6.07) is 17.0. The molecule has 3 N–H and O–H groups in total. The molecule has 3 rings (SSSR count). The molecule has 0 aliphatic heterocycles. The Hall–Kier alpha value is -3.39. The van der Waals surface area contributed by atoms with Gasteiger partial charge in [-0.1, -0.05) is 28.1 Å². The molecular weight excluding hydrogens is 460 g/mol. The maximum absolute atomic E-state index is 12.0. The van der Waals surface area contributed by atoms with Crippen LogP contribution in [0.5, 0.6) is 0 Å². The number of carbonyl (C=O) groups excluding carboxylic acids is 1. The Labute approximate surface area is 188 Å². The summed E-state index contributed by atoms with van der Waals surface area (Å²) in [5, 5.41) is 16.0. The summed E-state index contributed by atoms with van der Waals surface area (Å²) in [5.74, 6) is -1.10. The minimum Gasteiger partial charge on any atom is -0.481 e. The molecule has 0 bridgehead atoms. The normalized spacial score (nSPS) is 10.9. The molecule has 31 heavy (non-hydrogen) atoms. The molecule has 1 amide bonds. The molecular formula is C23H23BrN4O3. The fourth-order valence-corrected chi connectivity index (χ4v) is 3.48. The van der Waals surface area contributed by atoms with Gasteiger partial charge in [0.25, 0.3) is 5.91 Å². The van der Waals surface area contributed by atoms with Crippen molar-refractivity contribution in [2.24, 2.45) is 5.10 Å². The Kier molecular flexibility index (Phi) is 7.25. The number of halogens is 1. The highest BCUT2D eigenvalue weighted by Crippen LogP contribution is 2.20. The second kappa shape index (κ2) is 10.1. The van der Waals surface area contributed by atoms with E-state index in [-0.39, 0.29) is 18.9 Å². The standard InChI is InChI=1S/C23H23BrN4O3/c1-15-11-18(13-26-27-22(29)14-25-20-7-5-19(24)6-8-20)16(2)28(15)21-9-3-17(4-10-21)12-23(30)31/h3-11,13,25H,12,14H2,1-2H3,(H,27,29)(H,30,31)/b26-13-. The highest BCUT2D eigenvalue weighted by Gasteiger charge is 2.10. The van der Waals surface area contributed by atoms with E-state index in [0.717, 1.165) is 38.4 Å². The van der Waals surface area contributed by atoms with Gasteiger partial charge in [-0.05, 0) is 61.9 Å². The summed E-state index contributed by atoms with van der Waals surface area (Å²) in [6.07, 6.45) is 1.62. The highest BCUT2D eigenvalue weighted by molar-refractivity contribution is 9.10. The van der Waals surface area contributed by atoms with Gasteiger partial charge >= 0.3 is 5.97 Å². The van der Waals surface area contributed by atoms with Gasteiger partial charge in [-0.2, -0.15) is 5.10 Å². The molecule has 0 saturated heterocycles. The fraction of sp³-hybridized carbons (Fsp3) is 0.174. The molecule has 8 heteroatoms. The summed E-state index contributed by atoms with van der Waals surface area (Å²) >= 11 is 3.37. The number of nitrogens with zero attached hydrogens (tertiary/aromatic N) is 2. The molecule has 0 fully saturated rings. The second-order valence-corrected chi connectivity index (χ2v) is 7.97. The van der Waals surface area contributed by atoms with Gasteiger partial charge in [-0.3, -0.25) is 9.59 Å². The zero-order chi connectivity index (χ0) is 22.4. The number of hydrazone groups is 1. The second-order valence-electron chi connectivity index (χ2n) is 7.05. The minimum atomic E-state index is -0.853. The summed E-state index contributed by atoms with van der Waals surface area (Å²) in [5.41, 5.74) is 7.92. The van der Waals surface area contributed by atoms with Crippen molar-refractivity contribution in [1.82, 2.24) is 9.99 Å².